The summed E-state index contributed by atoms with van der Waals surface area (Å²) in [6.45, 7) is 0.437. The molecule has 1 unspecified atom stereocenters. The molecule has 102 valence electrons. The second-order valence-corrected chi connectivity index (χ2v) is 4.06. The van der Waals surface area contributed by atoms with Gasteiger partial charge in [-0.2, -0.15) is 18.4 Å². The van der Waals surface area contributed by atoms with Gasteiger partial charge in [-0.3, -0.25) is 0 Å². The summed E-state index contributed by atoms with van der Waals surface area (Å²) in [5, 5.41) is 18.8. The maximum atomic E-state index is 12.8. The molecule has 0 amide bonds. The number of hydrogen-bond donors (Lipinski definition) is 2. The SMILES string of the molecule is CC(Nc1nccc(C#N)c1Cl)(C(=O)O)C(F)(F)F. The van der Waals surface area contributed by atoms with Crippen molar-refractivity contribution in [2.75, 3.05) is 5.32 Å². The Morgan fingerprint density at radius 2 is 2.16 bits per heavy atom. The van der Waals surface area contributed by atoms with Gasteiger partial charge in [0.25, 0.3) is 0 Å². The van der Waals surface area contributed by atoms with E-state index in [4.69, 9.17) is 22.0 Å². The molecule has 0 spiro atoms. The molecule has 0 fully saturated rings. The standard InChI is InChI=1S/C10H7ClF3N3O2/c1-9(8(18)19,10(12,13)14)17-7-6(11)5(4-15)2-3-16-7/h2-3H,1H3,(H,16,17)(H,18,19). The molecule has 1 aromatic heterocycles. The Labute approximate surface area is 110 Å². The lowest BCUT2D eigenvalue weighted by Crippen LogP contribution is -2.55. The summed E-state index contributed by atoms with van der Waals surface area (Å²) in [5.41, 5.74) is -3.38. The summed E-state index contributed by atoms with van der Waals surface area (Å²) < 4.78 is 38.3. The summed E-state index contributed by atoms with van der Waals surface area (Å²) in [7, 11) is 0. The quantitative estimate of drug-likeness (QED) is 0.894. The molecule has 0 bridgehead atoms. The van der Waals surface area contributed by atoms with Crippen LogP contribution in [0.25, 0.3) is 0 Å². The molecule has 0 aliphatic heterocycles. The number of carboxylic acids is 1. The molecule has 9 heteroatoms. The number of nitrogens with one attached hydrogen (secondary N) is 1. The fourth-order valence-corrected chi connectivity index (χ4v) is 1.30. The minimum atomic E-state index is -5.08. The number of halogens is 4. The van der Waals surface area contributed by atoms with Crippen molar-refractivity contribution >= 4 is 23.4 Å². The van der Waals surface area contributed by atoms with E-state index < -0.39 is 23.5 Å². The van der Waals surface area contributed by atoms with Crippen molar-refractivity contribution in [1.82, 2.24) is 4.98 Å². The fourth-order valence-electron chi connectivity index (χ4n) is 1.10. The van der Waals surface area contributed by atoms with Crippen LogP contribution in [0.5, 0.6) is 0 Å². The van der Waals surface area contributed by atoms with Crippen molar-refractivity contribution in [2.24, 2.45) is 0 Å². The van der Waals surface area contributed by atoms with Crippen molar-refractivity contribution in [1.29, 1.82) is 5.26 Å². The normalized spacial score (nSPS) is 14.3. The number of anilines is 1. The molecular weight excluding hydrogens is 287 g/mol. The highest BCUT2D eigenvalue weighted by molar-refractivity contribution is 6.34. The van der Waals surface area contributed by atoms with Crippen LogP contribution in [-0.4, -0.2) is 27.8 Å². The monoisotopic (exact) mass is 293 g/mol. The van der Waals surface area contributed by atoms with Gasteiger partial charge in [0.15, 0.2) is 0 Å². The van der Waals surface area contributed by atoms with Crippen LogP contribution in [0, 0.1) is 11.3 Å². The molecule has 0 radical (unpaired) electrons. The van der Waals surface area contributed by atoms with Crippen LogP contribution in [0.1, 0.15) is 12.5 Å². The Morgan fingerprint density at radius 3 is 2.58 bits per heavy atom. The molecule has 1 atom stereocenters. The maximum absolute atomic E-state index is 12.8. The van der Waals surface area contributed by atoms with Gasteiger partial charge in [-0.1, -0.05) is 11.6 Å². The zero-order valence-corrected chi connectivity index (χ0v) is 10.2. The third-order valence-electron chi connectivity index (χ3n) is 2.37. The van der Waals surface area contributed by atoms with E-state index in [2.05, 4.69) is 4.98 Å². The molecule has 0 aliphatic carbocycles. The molecule has 0 saturated heterocycles. The molecule has 0 aromatic carbocycles. The van der Waals surface area contributed by atoms with E-state index in [0.717, 1.165) is 6.20 Å². The number of alkyl halides is 3. The van der Waals surface area contributed by atoms with Crippen molar-refractivity contribution in [3.8, 4) is 6.07 Å². The molecule has 1 rings (SSSR count). The number of aromatic nitrogens is 1. The molecule has 5 nitrogen and oxygen atoms in total. The van der Waals surface area contributed by atoms with Gasteiger partial charge < -0.3 is 10.4 Å². The lowest BCUT2D eigenvalue weighted by molar-refractivity contribution is -0.192. The van der Waals surface area contributed by atoms with Gasteiger partial charge in [-0.25, -0.2) is 9.78 Å². The van der Waals surface area contributed by atoms with Gasteiger partial charge in [-0.05, 0) is 13.0 Å². The minimum absolute atomic E-state index is 0.117. The average Bonchev–Trinajstić information content (AvgIpc) is 2.30. The number of carboxylic acid groups (broad SMARTS) is 1. The second-order valence-electron chi connectivity index (χ2n) is 3.69. The van der Waals surface area contributed by atoms with Gasteiger partial charge in [0.2, 0.25) is 5.54 Å². The Kier molecular flexibility index (Phi) is 3.91. The van der Waals surface area contributed by atoms with Crippen LogP contribution < -0.4 is 5.32 Å². The maximum Gasteiger partial charge on any atom is 0.422 e. The number of aliphatic carboxylic acids is 1. The van der Waals surface area contributed by atoms with Gasteiger partial charge in [0, 0.05) is 6.20 Å². The summed E-state index contributed by atoms with van der Waals surface area (Å²) in [5.74, 6) is -2.66. The van der Waals surface area contributed by atoms with E-state index in [-0.39, 0.29) is 10.6 Å². The van der Waals surface area contributed by atoms with Crippen LogP contribution >= 0.6 is 11.6 Å². The summed E-state index contributed by atoms with van der Waals surface area (Å²) in [4.78, 5) is 14.3. The Morgan fingerprint density at radius 1 is 1.58 bits per heavy atom. The smallest absolute Gasteiger partial charge is 0.422 e. The summed E-state index contributed by atoms with van der Waals surface area (Å²) >= 11 is 5.66. The Bertz CT molecular complexity index is 556. The van der Waals surface area contributed by atoms with Gasteiger partial charge in [0.1, 0.15) is 16.9 Å². The first-order chi connectivity index (χ1) is 8.63. The number of nitriles is 1. The first-order valence-electron chi connectivity index (χ1n) is 4.76. The first-order valence-corrected chi connectivity index (χ1v) is 5.14. The van der Waals surface area contributed by atoms with Crippen LogP contribution in [0.2, 0.25) is 5.02 Å². The number of nitrogens with zero attached hydrogens (tertiary/aromatic N) is 2. The third-order valence-corrected chi connectivity index (χ3v) is 2.76. The van der Waals surface area contributed by atoms with Crippen LogP contribution in [0.15, 0.2) is 12.3 Å². The van der Waals surface area contributed by atoms with Crippen LogP contribution in [0.4, 0.5) is 19.0 Å². The zero-order chi connectivity index (χ0) is 14.8. The van der Waals surface area contributed by atoms with E-state index in [0.29, 0.717) is 6.92 Å². The fraction of sp³-hybridized carbons (Fsp3) is 0.300. The highest BCUT2D eigenvalue weighted by Crippen LogP contribution is 2.35. The molecule has 0 saturated carbocycles. The average molecular weight is 294 g/mol. The Balaban J connectivity index is 3.28. The van der Waals surface area contributed by atoms with Gasteiger partial charge in [0.05, 0.1) is 5.56 Å². The predicted octanol–water partition coefficient (Wildman–Crippen LogP) is 2.42. The highest BCUT2D eigenvalue weighted by Gasteiger charge is 2.58. The topological polar surface area (TPSA) is 86.0 Å². The summed E-state index contributed by atoms with van der Waals surface area (Å²) in [6, 6.07) is 2.84. The van der Waals surface area contributed by atoms with Gasteiger partial charge in [-0.15, -0.1) is 0 Å². The molecule has 1 heterocycles. The van der Waals surface area contributed by atoms with E-state index in [1.807, 2.05) is 0 Å². The highest BCUT2D eigenvalue weighted by atomic mass is 35.5. The number of hydrogen-bond acceptors (Lipinski definition) is 4. The van der Waals surface area contributed by atoms with E-state index in [9.17, 15) is 18.0 Å². The van der Waals surface area contributed by atoms with Crippen LogP contribution in [-0.2, 0) is 4.79 Å². The van der Waals surface area contributed by atoms with Gasteiger partial charge >= 0.3 is 12.1 Å². The van der Waals surface area contributed by atoms with Crippen LogP contribution in [0.3, 0.4) is 0 Å². The van der Waals surface area contributed by atoms with Crippen molar-refractivity contribution in [3.05, 3.63) is 22.8 Å². The van der Waals surface area contributed by atoms with E-state index in [1.165, 1.54) is 6.07 Å². The number of rotatable bonds is 3. The lowest BCUT2D eigenvalue weighted by atomic mass is 10.0. The largest absolute Gasteiger partial charge is 0.479 e. The zero-order valence-electron chi connectivity index (χ0n) is 9.42. The van der Waals surface area contributed by atoms with E-state index >= 15 is 0 Å². The minimum Gasteiger partial charge on any atom is -0.479 e. The lowest BCUT2D eigenvalue weighted by Gasteiger charge is -2.29. The second kappa shape index (κ2) is 4.93. The predicted molar refractivity (Wildman–Crippen MR) is 59.7 cm³/mol. The molecule has 2 N–H and O–H groups in total. The van der Waals surface area contributed by atoms with E-state index in [1.54, 1.807) is 11.4 Å². The number of pyridine rings is 1. The summed E-state index contributed by atoms with van der Waals surface area (Å²) in [6.07, 6.45) is -4.03. The van der Waals surface area contributed by atoms with Crippen molar-refractivity contribution < 1.29 is 23.1 Å². The molecule has 1 aromatic rings. The van der Waals surface area contributed by atoms with Crippen molar-refractivity contribution in [3.63, 3.8) is 0 Å². The molecule has 0 aliphatic rings. The number of carbonyl (C=O) groups is 1. The third kappa shape index (κ3) is 2.71. The molecular formula is C10H7ClF3N3O2. The van der Waals surface area contributed by atoms with Crippen molar-refractivity contribution in [2.45, 2.75) is 18.6 Å². The Hall–Kier alpha value is -2.01. The first kappa shape index (κ1) is 15.0. The molecule has 19 heavy (non-hydrogen) atoms.